The topological polar surface area (TPSA) is 114 Å². The van der Waals surface area contributed by atoms with Crippen LogP contribution in [0.2, 0.25) is 5.15 Å². The molecule has 0 aromatic carbocycles. The summed E-state index contributed by atoms with van der Waals surface area (Å²) in [5, 5.41) is 3.15. The number of anilines is 1. The first-order valence-electron chi connectivity index (χ1n) is 10.1. The Morgan fingerprint density at radius 2 is 2.03 bits per heavy atom. The van der Waals surface area contributed by atoms with E-state index in [-0.39, 0.29) is 11.8 Å². The van der Waals surface area contributed by atoms with Crippen LogP contribution >= 0.6 is 11.6 Å². The summed E-state index contributed by atoms with van der Waals surface area (Å²) < 4.78 is 0. The minimum atomic E-state index is -0.598. The molecule has 30 heavy (non-hydrogen) atoms. The van der Waals surface area contributed by atoms with Crippen LogP contribution < -0.4 is 11.1 Å². The summed E-state index contributed by atoms with van der Waals surface area (Å²) in [6.07, 6.45) is 4.99. The van der Waals surface area contributed by atoms with E-state index >= 15 is 0 Å². The standard InChI is InChI=1S/C21H27ClN6O2/c1-13(25-20(29)17-5-3-4-10-24-17)21(30)28-11-8-15(9-12-28)6-7-16-18(22)26-14(2)27-19(16)23/h3-5,10,13,15H,6-9,11-12H2,1-2H3,(H,25,29)(H2,23,26,27). The second-order valence-electron chi connectivity index (χ2n) is 7.64. The molecule has 1 unspecified atom stereocenters. The molecular weight excluding hydrogens is 404 g/mol. The Bertz CT molecular complexity index is 877. The fraction of sp³-hybridized carbons (Fsp3) is 0.476. The second-order valence-corrected chi connectivity index (χ2v) is 8.00. The number of aromatic nitrogens is 3. The molecule has 8 nitrogen and oxygen atoms in total. The Balaban J connectivity index is 1.47. The quantitative estimate of drug-likeness (QED) is 0.680. The van der Waals surface area contributed by atoms with Gasteiger partial charge in [-0.05, 0) is 57.6 Å². The molecule has 2 aromatic rings. The molecule has 9 heteroatoms. The zero-order chi connectivity index (χ0) is 21.7. The van der Waals surface area contributed by atoms with Crippen LogP contribution in [-0.4, -0.2) is 50.8 Å². The Kier molecular flexibility index (Phi) is 7.20. The van der Waals surface area contributed by atoms with Gasteiger partial charge in [0.1, 0.15) is 28.5 Å². The smallest absolute Gasteiger partial charge is 0.270 e. The van der Waals surface area contributed by atoms with E-state index in [2.05, 4.69) is 20.3 Å². The number of nitrogens with zero attached hydrogens (tertiary/aromatic N) is 4. The second kappa shape index (κ2) is 9.84. The molecule has 1 atom stereocenters. The third kappa shape index (κ3) is 5.44. The van der Waals surface area contributed by atoms with Gasteiger partial charge in [0, 0.05) is 24.8 Å². The van der Waals surface area contributed by atoms with Crippen LogP contribution in [-0.2, 0) is 11.2 Å². The molecule has 1 aliphatic heterocycles. The maximum atomic E-state index is 12.7. The van der Waals surface area contributed by atoms with Gasteiger partial charge in [0.05, 0.1) is 0 Å². The SMILES string of the molecule is Cc1nc(N)c(CCC2CCN(C(=O)C(C)NC(=O)c3ccccn3)CC2)c(Cl)n1. The number of rotatable bonds is 6. The predicted octanol–water partition coefficient (Wildman–Crippen LogP) is 2.41. The molecule has 1 fully saturated rings. The fourth-order valence-electron chi connectivity index (χ4n) is 3.71. The number of nitrogens with two attached hydrogens (primary N) is 1. The van der Waals surface area contributed by atoms with Gasteiger partial charge < -0.3 is 16.0 Å². The Hall–Kier alpha value is -2.74. The number of pyridine rings is 1. The molecule has 160 valence electrons. The van der Waals surface area contributed by atoms with Crippen LogP contribution in [0.15, 0.2) is 24.4 Å². The minimum Gasteiger partial charge on any atom is -0.383 e. The maximum absolute atomic E-state index is 12.7. The number of aryl methyl sites for hydroxylation is 1. The lowest BCUT2D eigenvalue weighted by atomic mass is 9.90. The third-order valence-electron chi connectivity index (χ3n) is 5.44. The number of piperidine rings is 1. The van der Waals surface area contributed by atoms with Crippen molar-refractivity contribution < 1.29 is 9.59 Å². The van der Waals surface area contributed by atoms with Crippen LogP contribution in [0.4, 0.5) is 5.82 Å². The molecule has 0 saturated carbocycles. The first-order chi connectivity index (χ1) is 14.3. The molecule has 0 bridgehead atoms. The van der Waals surface area contributed by atoms with E-state index in [4.69, 9.17) is 17.3 Å². The molecule has 3 rings (SSSR count). The normalized spacial score (nSPS) is 15.6. The maximum Gasteiger partial charge on any atom is 0.270 e. The lowest BCUT2D eigenvalue weighted by molar-refractivity contribution is -0.134. The molecule has 1 saturated heterocycles. The molecule has 0 aliphatic carbocycles. The van der Waals surface area contributed by atoms with Crippen LogP contribution in [0.3, 0.4) is 0 Å². The molecule has 0 radical (unpaired) electrons. The highest BCUT2D eigenvalue weighted by Crippen LogP contribution is 2.26. The van der Waals surface area contributed by atoms with E-state index in [0.717, 1.165) is 31.2 Å². The summed E-state index contributed by atoms with van der Waals surface area (Å²) in [5.74, 6) is 1.07. The van der Waals surface area contributed by atoms with Crippen molar-refractivity contribution in [3.63, 3.8) is 0 Å². The predicted molar refractivity (Wildman–Crippen MR) is 115 cm³/mol. The van der Waals surface area contributed by atoms with Crippen molar-refractivity contribution in [2.24, 2.45) is 5.92 Å². The van der Waals surface area contributed by atoms with E-state index in [1.54, 1.807) is 38.2 Å². The highest BCUT2D eigenvalue weighted by Gasteiger charge is 2.27. The van der Waals surface area contributed by atoms with Gasteiger partial charge in [0.25, 0.3) is 5.91 Å². The fourth-order valence-corrected chi connectivity index (χ4v) is 4.02. The van der Waals surface area contributed by atoms with E-state index in [1.807, 2.05) is 4.90 Å². The highest BCUT2D eigenvalue weighted by molar-refractivity contribution is 6.30. The molecule has 2 amide bonds. The first-order valence-corrected chi connectivity index (χ1v) is 10.5. The zero-order valence-corrected chi connectivity index (χ0v) is 18.0. The van der Waals surface area contributed by atoms with Gasteiger partial charge in [0.2, 0.25) is 5.91 Å². The summed E-state index contributed by atoms with van der Waals surface area (Å²) in [6, 6.07) is 4.50. The molecular formula is C21H27ClN6O2. The van der Waals surface area contributed by atoms with Crippen molar-refractivity contribution >= 4 is 29.2 Å². The van der Waals surface area contributed by atoms with Gasteiger partial charge in [-0.2, -0.15) is 0 Å². The molecule has 1 aliphatic rings. The van der Waals surface area contributed by atoms with Crippen LogP contribution in [0.5, 0.6) is 0 Å². The zero-order valence-electron chi connectivity index (χ0n) is 17.3. The largest absolute Gasteiger partial charge is 0.383 e. The number of halogens is 1. The lowest BCUT2D eigenvalue weighted by Crippen LogP contribution is -2.49. The Morgan fingerprint density at radius 3 is 2.67 bits per heavy atom. The van der Waals surface area contributed by atoms with Gasteiger partial charge in [-0.15, -0.1) is 0 Å². The third-order valence-corrected chi connectivity index (χ3v) is 5.76. The number of nitrogens with one attached hydrogen (secondary N) is 1. The van der Waals surface area contributed by atoms with Gasteiger partial charge >= 0.3 is 0 Å². The summed E-state index contributed by atoms with van der Waals surface area (Å²) in [4.78, 5) is 39.1. The number of amides is 2. The van der Waals surface area contributed by atoms with E-state index < -0.39 is 6.04 Å². The molecule has 2 aromatic heterocycles. The van der Waals surface area contributed by atoms with E-state index in [0.29, 0.717) is 41.5 Å². The summed E-state index contributed by atoms with van der Waals surface area (Å²) in [6.45, 7) is 4.80. The monoisotopic (exact) mass is 430 g/mol. The first kappa shape index (κ1) is 22.0. The van der Waals surface area contributed by atoms with Gasteiger partial charge in [-0.25, -0.2) is 9.97 Å². The van der Waals surface area contributed by atoms with Crippen LogP contribution in [0.25, 0.3) is 0 Å². The van der Waals surface area contributed by atoms with Crippen molar-refractivity contribution in [2.45, 2.75) is 45.6 Å². The number of hydrogen-bond donors (Lipinski definition) is 2. The van der Waals surface area contributed by atoms with Crippen molar-refractivity contribution in [3.8, 4) is 0 Å². The number of carbonyl (C=O) groups is 2. The van der Waals surface area contributed by atoms with Gasteiger partial charge in [0.15, 0.2) is 0 Å². The Labute approximate surface area is 181 Å². The van der Waals surface area contributed by atoms with Crippen molar-refractivity contribution in [1.29, 1.82) is 0 Å². The number of nitrogen functional groups attached to an aromatic ring is 1. The lowest BCUT2D eigenvalue weighted by Gasteiger charge is -2.33. The van der Waals surface area contributed by atoms with Gasteiger partial charge in [-0.1, -0.05) is 17.7 Å². The Morgan fingerprint density at radius 1 is 1.30 bits per heavy atom. The number of carbonyl (C=O) groups excluding carboxylic acids is 2. The van der Waals surface area contributed by atoms with Crippen molar-refractivity contribution in [3.05, 3.63) is 46.6 Å². The minimum absolute atomic E-state index is 0.0723. The van der Waals surface area contributed by atoms with E-state index in [9.17, 15) is 9.59 Å². The molecule has 3 N–H and O–H groups in total. The van der Waals surface area contributed by atoms with Crippen molar-refractivity contribution in [1.82, 2.24) is 25.2 Å². The molecule has 3 heterocycles. The average molecular weight is 431 g/mol. The number of hydrogen-bond acceptors (Lipinski definition) is 6. The van der Waals surface area contributed by atoms with Crippen molar-refractivity contribution in [2.75, 3.05) is 18.8 Å². The summed E-state index contributed by atoms with van der Waals surface area (Å²) in [7, 11) is 0. The highest BCUT2D eigenvalue weighted by atomic mass is 35.5. The number of likely N-dealkylation sites (tertiary alicyclic amines) is 1. The van der Waals surface area contributed by atoms with E-state index in [1.165, 1.54) is 0 Å². The van der Waals surface area contributed by atoms with Crippen LogP contribution in [0, 0.1) is 12.8 Å². The van der Waals surface area contributed by atoms with Crippen LogP contribution in [0.1, 0.15) is 48.1 Å². The summed E-state index contributed by atoms with van der Waals surface area (Å²) >= 11 is 6.21. The average Bonchev–Trinajstić information content (AvgIpc) is 2.73. The van der Waals surface area contributed by atoms with Gasteiger partial charge in [-0.3, -0.25) is 14.6 Å². The summed E-state index contributed by atoms with van der Waals surface area (Å²) in [5.41, 5.74) is 7.08. The molecule has 0 spiro atoms.